The molecule has 1 aromatic heterocycles. The SMILES string of the molecule is O=C1/C(=N/N=C/c2ccc([N+](=O)[O-])o2)c2ccccc2N1c1ccccc1. The van der Waals surface area contributed by atoms with Crippen molar-refractivity contribution in [3.05, 3.63) is 88.2 Å². The van der Waals surface area contributed by atoms with E-state index in [9.17, 15) is 14.9 Å². The topological polar surface area (TPSA) is 101 Å². The van der Waals surface area contributed by atoms with Gasteiger partial charge in [0.25, 0.3) is 5.91 Å². The van der Waals surface area contributed by atoms with Gasteiger partial charge in [-0.15, -0.1) is 5.10 Å². The van der Waals surface area contributed by atoms with Gasteiger partial charge in [-0.2, -0.15) is 5.10 Å². The Morgan fingerprint density at radius 2 is 1.74 bits per heavy atom. The zero-order chi connectivity index (χ0) is 18.8. The lowest BCUT2D eigenvalue weighted by molar-refractivity contribution is -0.402. The smallest absolute Gasteiger partial charge is 0.400 e. The summed E-state index contributed by atoms with van der Waals surface area (Å²) >= 11 is 0. The number of para-hydroxylation sites is 2. The van der Waals surface area contributed by atoms with Gasteiger partial charge < -0.3 is 4.42 Å². The van der Waals surface area contributed by atoms with Crippen LogP contribution in [0.15, 0.2) is 81.4 Å². The maximum absolute atomic E-state index is 12.9. The van der Waals surface area contributed by atoms with Crippen molar-refractivity contribution in [1.82, 2.24) is 0 Å². The molecule has 4 rings (SSSR count). The molecule has 3 aromatic rings. The molecule has 0 unspecified atom stereocenters. The Labute approximate surface area is 153 Å². The molecule has 0 bridgehead atoms. The van der Waals surface area contributed by atoms with Crippen molar-refractivity contribution >= 4 is 35.1 Å². The fourth-order valence-corrected chi connectivity index (χ4v) is 2.78. The molecule has 132 valence electrons. The van der Waals surface area contributed by atoms with Gasteiger partial charge >= 0.3 is 5.88 Å². The Balaban J connectivity index is 1.68. The molecule has 0 saturated carbocycles. The molecule has 1 aliphatic heterocycles. The van der Waals surface area contributed by atoms with Gasteiger partial charge in [-0.05, 0) is 24.3 Å². The predicted octanol–water partition coefficient (Wildman–Crippen LogP) is 3.69. The molecule has 0 aliphatic carbocycles. The number of benzene rings is 2. The van der Waals surface area contributed by atoms with Crippen molar-refractivity contribution in [3.63, 3.8) is 0 Å². The molecule has 2 aromatic carbocycles. The summed E-state index contributed by atoms with van der Waals surface area (Å²) < 4.78 is 4.98. The standard InChI is InChI=1S/C19H12N4O4/c24-19-18(21-20-12-14-10-11-17(27-14)23(25)26)15-8-4-5-9-16(15)22(19)13-6-2-1-3-7-13/h1-12H/b20-12+,21-18+. The summed E-state index contributed by atoms with van der Waals surface area (Å²) in [5.41, 5.74) is 2.29. The summed E-state index contributed by atoms with van der Waals surface area (Å²) in [6.07, 6.45) is 1.22. The first kappa shape index (κ1) is 16.4. The zero-order valence-electron chi connectivity index (χ0n) is 13.9. The number of nitrogens with zero attached hydrogens (tertiary/aromatic N) is 4. The quantitative estimate of drug-likeness (QED) is 0.402. The van der Waals surface area contributed by atoms with E-state index in [0.717, 1.165) is 11.4 Å². The molecule has 1 amide bonds. The van der Waals surface area contributed by atoms with E-state index in [4.69, 9.17) is 4.42 Å². The van der Waals surface area contributed by atoms with E-state index < -0.39 is 4.92 Å². The highest BCUT2D eigenvalue weighted by Crippen LogP contribution is 2.35. The number of anilines is 2. The molecule has 0 fully saturated rings. The molecule has 0 spiro atoms. The molecular weight excluding hydrogens is 348 g/mol. The minimum absolute atomic E-state index is 0.171. The van der Waals surface area contributed by atoms with E-state index >= 15 is 0 Å². The lowest BCUT2D eigenvalue weighted by atomic mass is 10.1. The molecule has 0 radical (unpaired) electrons. The summed E-state index contributed by atoms with van der Waals surface area (Å²) in [5.74, 6) is -0.517. The van der Waals surface area contributed by atoms with E-state index in [-0.39, 0.29) is 23.3 Å². The van der Waals surface area contributed by atoms with Crippen molar-refractivity contribution in [2.24, 2.45) is 10.2 Å². The average Bonchev–Trinajstić information content (AvgIpc) is 3.26. The second-order valence-electron chi connectivity index (χ2n) is 5.62. The van der Waals surface area contributed by atoms with Crippen LogP contribution < -0.4 is 4.90 Å². The number of fused-ring (bicyclic) bond motifs is 1. The lowest BCUT2D eigenvalue weighted by Gasteiger charge is -2.16. The van der Waals surface area contributed by atoms with Crippen LogP contribution in [0, 0.1) is 10.1 Å². The molecule has 0 N–H and O–H groups in total. The summed E-state index contributed by atoms with van der Waals surface area (Å²) in [6.45, 7) is 0. The van der Waals surface area contributed by atoms with E-state index in [2.05, 4.69) is 10.2 Å². The van der Waals surface area contributed by atoms with E-state index in [1.54, 1.807) is 11.0 Å². The number of carbonyl (C=O) groups is 1. The van der Waals surface area contributed by atoms with Gasteiger partial charge in [0.2, 0.25) is 0 Å². The fourth-order valence-electron chi connectivity index (χ4n) is 2.78. The van der Waals surface area contributed by atoms with Gasteiger partial charge in [0.1, 0.15) is 4.92 Å². The summed E-state index contributed by atoms with van der Waals surface area (Å²) in [4.78, 5) is 24.5. The summed E-state index contributed by atoms with van der Waals surface area (Å²) in [7, 11) is 0. The van der Waals surface area contributed by atoms with Crippen LogP contribution in [-0.4, -0.2) is 22.8 Å². The molecule has 0 atom stereocenters. The van der Waals surface area contributed by atoms with Crippen molar-refractivity contribution < 1.29 is 14.1 Å². The molecule has 8 nitrogen and oxygen atoms in total. The summed E-state index contributed by atoms with van der Waals surface area (Å²) in [5, 5.41) is 18.5. The Kier molecular flexibility index (Phi) is 4.06. The lowest BCUT2D eigenvalue weighted by Crippen LogP contribution is -2.25. The molecule has 1 aliphatic rings. The van der Waals surface area contributed by atoms with Gasteiger partial charge in [0.05, 0.1) is 18.0 Å². The van der Waals surface area contributed by atoms with Gasteiger partial charge in [0.15, 0.2) is 11.5 Å². The number of hydrogen-bond acceptors (Lipinski definition) is 6. The predicted molar refractivity (Wildman–Crippen MR) is 99.5 cm³/mol. The van der Waals surface area contributed by atoms with Gasteiger partial charge in [0, 0.05) is 11.3 Å². The Morgan fingerprint density at radius 1 is 1.00 bits per heavy atom. The largest absolute Gasteiger partial charge is 0.433 e. The maximum Gasteiger partial charge on any atom is 0.433 e. The zero-order valence-corrected chi connectivity index (χ0v) is 13.9. The van der Waals surface area contributed by atoms with E-state index in [1.807, 2.05) is 48.5 Å². The average molecular weight is 360 g/mol. The number of amides is 1. The monoisotopic (exact) mass is 360 g/mol. The number of rotatable bonds is 4. The normalized spacial score (nSPS) is 14.9. The van der Waals surface area contributed by atoms with Crippen LogP contribution >= 0.6 is 0 Å². The number of hydrogen-bond donors (Lipinski definition) is 0. The number of carbonyl (C=O) groups excluding carboxylic acids is 1. The third-order valence-electron chi connectivity index (χ3n) is 3.96. The molecule has 27 heavy (non-hydrogen) atoms. The van der Waals surface area contributed by atoms with Gasteiger partial charge in [-0.1, -0.05) is 36.4 Å². The first-order chi connectivity index (χ1) is 13.1. The first-order valence-electron chi connectivity index (χ1n) is 7.99. The van der Waals surface area contributed by atoms with Crippen LogP contribution in [0.1, 0.15) is 11.3 Å². The molecule has 2 heterocycles. The molecule has 8 heteroatoms. The van der Waals surface area contributed by atoms with Crippen LogP contribution in [0.25, 0.3) is 0 Å². The van der Waals surface area contributed by atoms with Crippen molar-refractivity contribution in [1.29, 1.82) is 0 Å². The maximum atomic E-state index is 12.9. The Morgan fingerprint density at radius 3 is 2.48 bits per heavy atom. The van der Waals surface area contributed by atoms with Crippen molar-refractivity contribution in [3.8, 4) is 0 Å². The highest BCUT2D eigenvalue weighted by Gasteiger charge is 2.34. The van der Waals surface area contributed by atoms with Crippen LogP contribution in [0.3, 0.4) is 0 Å². The third-order valence-corrected chi connectivity index (χ3v) is 3.96. The van der Waals surface area contributed by atoms with Gasteiger partial charge in [-0.25, -0.2) is 0 Å². The highest BCUT2D eigenvalue weighted by atomic mass is 16.6. The number of nitro groups is 1. The first-order valence-corrected chi connectivity index (χ1v) is 7.99. The van der Waals surface area contributed by atoms with E-state index in [1.165, 1.54) is 18.3 Å². The van der Waals surface area contributed by atoms with E-state index in [0.29, 0.717) is 5.56 Å². The molecular formula is C19H12N4O4. The Bertz CT molecular complexity index is 1090. The van der Waals surface area contributed by atoms with Crippen molar-refractivity contribution in [2.45, 2.75) is 0 Å². The second-order valence-corrected chi connectivity index (χ2v) is 5.62. The minimum atomic E-state index is -0.641. The van der Waals surface area contributed by atoms with Crippen LogP contribution in [-0.2, 0) is 4.79 Å². The third kappa shape index (κ3) is 2.99. The van der Waals surface area contributed by atoms with Gasteiger partial charge in [-0.3, -0.25) is 19.8 Å². The van der Waals surface area contributed by atoms with Crippen LogP contribution in [0.4, 0.5) is 17.3 Å². The number of furan rings is 1. The van der Waals surface area contributed by atoms with Crippen LogP contribution in [0.5, 0.6) is 0 Å². The highest BCUT2D eigenvalue weighted by molar-refractivity contribution is 6.55. The minimum Gasteiger partial charge on any atom is -0.400 e. The fraction of sp³-hybridized carbons (Fsp3) is 0. The van der Waals surface area contributed by atoms with Crippen LogP contribution in [0.2, 0.25) is 0 Å². The van der Waals surface area contributed by atoms with Crippen molar-refractivity contribution in [2.75, 3.05) is 4.90 Å². The molecule has 0 saturated heterocycles. The summed E-state index contributed by atoms with van der Waals surface area (Å²) in [6, 6.07) is 19.2. The Hall–Kier alpha value is -4.07. The second kappa shape index (κ2) is 6.68.